The van der Waals surface area contributed by atoms with Crippen molar-refractivity contribution in [3.63, 3.8) is 0 Å². The summed E-state index contributed by atoms with van der Waals surface area (Å²) < 4.78 is 2.14. The topological polar surface area (TPSA) is 54.3 Å². The van der Waals surface area contributed by atoms with Crippen molar-refractivity contribution in [2.45, 2.75) is 57.7 Å². The van der Waals surface area contributed by atoms with Gasteiger partial charge in [0.2, 0.25) is 5.91 Å². The van der Waals surface area contributed by atoms with Crippen LogP contribution in [0, 0.1) is 18.8 Å². The fourth-order valence-electron chi connectivity index (χ4n) is 5.95. The smallest absolute Gasteiger partial charge is 0.223 e. The molecule has 0 N–H and O–H groups in total. The Bertz CT molecular complexity index is 850. The zero-order chi connectivity index (χ0) is 19.8. The van der Waals surface area contributed by atoms with Gasteiger partial charge in [-0.05, 0) is 50.0 Å². The van der Waals surface area contributed by atoms with Gasteiger partial charge < -0.3 is 14.4 Å². The van der Waals surface area contributed by atoms with Crippen LogP contribution in [0.25, 0.3) is 0 Å². The lowest BCUT2D eigenvalue weighted by Crippen LogP contribution is -2.65. The number of amides is 1. The molecule has 3 saturated heterocycles. The predicted molar refractivity (Wildman–Crippen MR) is 111 cm³/mol. The van der Waals surface area contributed by atoms with Crippen LogP contribution in [0.5, 0.6) is 0 Å². The summed E-state index contributed by atoms with van der Waals surface area (Å²) >= 11 is 0. The molecule has 0 unspecified atom stereocenters. The van der Waals surface area contributed by atoms with Crippen LogP contribution in [-0.4, -0.2) is 62.2 Å². The van der Waals surface area contributed by atoms with Crippen molar-refractivity contribution in [1.29, 1.82) is 0 Å². The molecule has 3 fully saturated rings. The molecule has 2 aromatic rings. The van der Waals surface area contributed by atoms with Crippen LogP contribution in [0.2, 0.25) is 0 Å². The van der Waals surface area contributed by atoms with Crippen LogP contribution in [-0.2, 0) is 17.8 Å². The molecule has 154 valence electrons. The number of hydrogen-bond acceptors (Lipinski definition) is 4. The fraction of sp³-hybridized carbons (Fsp3) is 0.609. The van der Waals surface area contributed by atoms with Gasteiger partial charge in [0, 0.05) is 44.7 Å². The maximum Gasteiger partial charge on any atom is 0.223 e. The first-order valence-electron chi connectivity index (χ1n) is 11.1. The highest BCUT2D eigenvalue weighted by atomic mass is 16.2. The summed E-state index contributed by atoms with van der Waals surface area (Å²) in [5.74, 6) is 2.56. The Kier molecular flexibility index (Phi) is 5.12. The number of hydrogen-bond donors (Lipinski definition) is 0. The van der Waals surface area contributed by atoms with Gasteiger partial charge in [-0.1, -0.05) is 30.3 Å². The second-order valence-electron chi connectivity index (χ2n) is 9.10. The molecular weight excluding hydrogens is 362 g/mol. The Morgan fingerprint density at radius 3 is 2.72 bits per heavy atom. The maximum atomic E-state index is 13.0. The number of carbonyl (C=O) groups excluding carboxylic acids is 1. The molecular formula is C23H31N5O. The molecule has 1 amide bonds. The Labute approximate surface area is 172 Å². The van der Waals surface area contributed by atoms with E-state index < -0.39 is 0 Å². The van der Waals surface area contributed by atoms with Crippen molar-refractivity contribution >= 4 is 5.91 Å². The van der Waals surface area contributed by atoms with E-state index >= 15 is 0 Å². The van der Waals surface area contributed by atoms with E-state index in [1.807, 2.05) is 13.3 Å². The van der Waals surface area contributed by atoms with E-state index in [0.717, 1.165) is 51.3 Å². The average molecular weight is 394 g/mol. The molecule has 3 aliphatic heterocycles. The van der Waals surface area contributed by atoms with Crippen molar-refractivity contribution in [3.05, 3.63) is 48.0 Å². The van der Waals surface area contributed by atoms with Gasteiger partial charge in [0.25, 0.3) is 0 Å². The van der Waals surface area contributed by atoms with E-state index in [0.29, 0.717) is 29.8 Å². The summed E-state index contributed by atoms with van der Waals surface area (Å²) in [6.45, 7) is 6.19. The number of rotatable bonds is 5. The zero-order valence-corrected chi connectivity index (χ0v) is 17.3. The molecule has 5 rings (SSSR count). The lowest BCUT2D eigenvalue weighted by Gasteiger charge is -2.57. The summed E-state index contributed by atoms with van der Waals surface area (Å²) in [5, 5.41) is 8.12. The number of aromatic nitrogens is 3. The van der Waals surface area contributed by atoms with Crippen LogP contribution in [0.1, 0.15) is 37.1 Å². The number of fused-ring (bicyclic) bond motifs is 4. The highest BCUT2D eigenvalue weighted by Crippen LogP contribution is 2.42. The molecule has 6 nitrogen and oxygen atoms in total. The highest BCUT2D eigenvalue weighted by Gasteiger charge is 2.49. The molecule has 0 spiro atoms. The van der Waals surface area contributed by atoms with Crippen molar-refractivity contribution in [1.82, 2.24) is 24.6 Å². The standard InChI is InChI=1S/C23H31N5O/c1-17-25-24-16-27(17)11-10-26-14-19-13-20(15-26)22(12-18-6-3-2-4-7-18)28-21(19)8-5-9-23(28)29/h2-4,6-7,16,19-22H,5,8-15H2,1H3/t19-,20+,21+,22+/m1/s1. The van der Waals surface area contributed by atoms with Crippen LogP contribution in [0.4, 0.5) is 0 Å². The van der Waals surface area contributed by atoms with E-state index in [1.54, 1.807) is 0 Å². The van der Waals surface area contributed by atoms with Crippen LogP contribution < -0.4 is 0 Å². The minimum absolute atomic E-state index is 0.339. The quantitative estimate of drug-likeness (QED) is 0.783. The second-order valence-corrected chi connectivity index (χ2v) is 9.10. The predicted octanol–water partition coefficient (Wildman–Crippen LogP) is 2.53. The molecule has 4 atom stereocenters. The largest absolute Gasteiger partial charge is 0.336 e. The summed E-state index contributed by atoms with van der Waals surface area (Å²) in [5.41, 5.74) is 1.35. The average Bonchev–Trinajstić information content (AvgIpc) is 3.15. The van der Waals surface area contributed by atoms with Crippen molar-refractivity contribution in [3.8, 4) is 0 Å². The first kappa shape index (κ1) is 18.8. The van der Waals surface area contributed by atoms with Gasteiger partial charge in [0.15, 0.2) is 0 Å². The monoisotopic (exact) mass is 393 g/mol. The molecule has 0 aliphatic carbocycles. The normalized spacial score (nSPS) is 29.7. The van der Waals surface area contributed by atoms with Gasteiger partial charge in [0.1, 0.15) is 12.2 Å². The van der Waals surface area contributed by atoms with Gasteiger partial charge in [-0.25, -0.2) is 0 Å². The summed E-state index contributed by atoms with van der Waals surface area (Å²) in [7, 11) is 0. The lowest BCUT2D eigenvalue weighted by atomic mass is 9.71. The number of carbonyl (C=O) groups is 1. The first-order chi connectivity index (χ1) is 14.2. The van der Waals surface area contributed by atoms with Crippen molar-refractivity contribution in [2.75, 3.05) is 19.6 Å². The third-order valence-electron chi connectivity index (χ3n) is 7.33. The van der Waals surface area contributed by atoms with E-state index in [1.165, 1.54) is 18.4 Å². The Hall–Kier alpha value is -2.21. The molecule has 2 bridgehead atoms. The summed E-state index contributed by atoms with van der Waals surface area (Å²) in [6.07, 6.45) is 7.05. The molecule has 6 heteroatoms. The van der Waals surface area contributed by atoms with Crippen LogP contribution in [0.15, 0.2) is 36.7 Å². The summed E-state index contributed by atoms with van der Waals surface area (Å²) in [4.78, 5) is 17.9. The third-order valence-corrected chi connectivity index (χ3v) is 7.33. The van der Waals surface area contributed by atoms with E-state index in [-0.39, 0.29) is 0 Å². The molecule has 29 heavy (non-hydrogen) atoms. The van der Waals surface area contributed by atoms with Crippen molar-refractivity contribution < 1.29 is 4.79 Å². The van der Waals surface area contributed by atoms with Gasteiger partial charge in [-0.2, -0.15) is 0 Å². The third kappa shape index (κ3) is 3.70. The van der Waals surface area contributed by atoms with Gasteiger partial charge >= 0.3 is 0 Å². The second kappa shape index (κ2) is 7.90. The Morgan fingerprint density at radius 2 is 1.93 bits per heavy atom. The Balaban J connectivity index is 1.35. The van der Waals surface area contributed by atoms with Crippen molar-refractivity contribution in [2.24, 2.45) is 11.8 Å². The lowest BCUT2D eigenvalue weighted by molar-refractivity contribution is -0.152. The Morgan fingerprint density at radius 1 is 1.10 bits per heavy atom. The number of aryl methyl sites for hydroxylation is 1. The zero-order valence-electron chi connectivity index (χ0n) is 17.3. The number of likely N-dealkylation sites (tertiary alicyclic amines) is 1. The highest BCUT2D eigenvalue weighted by molar-refractivity contribution is 5.78. The molecule has 1 aromatic heterocycles. The molecule has 3 aliphatic rings. The SMILES string of the molecule is Cc1nncn1CCN1C[C@H]2C[C@@H](C1)[C@H](Cc1ccccc1)N1C(=O)CCC[C@@H]21. The van der Waals surface area contributed by atoms with E-state index in [9.17, 15) is 4.79 Å². The summed E-state index contributed by atoms with van der Waals surface area (Å²) in [6, 6.07) is 11.5. The number of benzene rings is 1. The van der Waals surface area contributed by atoms with E-state index in [4.69, 9.17) is 0 Å². The minimum atomic E-state index is 0.339. The van der Waals surface area contributed by atoms with Crippen LogP contribution in [0.3, 0.4) is 0 Å². The van der Waals surface area contributed by atoms with Crippen LogP contribution >= 0.6 is 0 Å². The van der Waals surface area contributed by atoms with E-state index in [2.05, 4.69) is 54.9 Å². The van der Waals surface area contributed by atoms with Gasteiger partial charge in [-0.15, -0.1) is 10.2 Å². The number of piperidine rings is 3. The van der Waals surface area contributed by atoms with Gasteiger partial charge in [-0.3, -0.25) is 4.79 Å². The molecule has 1 aromatic carbocycles. The molecule has 0 saturated carbocycles. The minimum Gasteiger partial charge on any atom is -0.336 e. The fourth-order valence-corrected chi connectivity index (χ4v) is 5.95. The molecule has 4 heterocycles. The maximum absolute atomic E-state index is 13.0. The number of nitrogens with zero attached hydrogens (tertiary/aromatic N) is 5. The molecule has 0 radical (unpaired) electrons. The van der Waals surface area contributed by atoms with Gasteiger partial charge in [0.05, 0.1) is 0 Å². The first-order valence-corrected chi connectivity index (χ1v) is 11.1.